The van der Waals surface area contributed by atoms with E-state index >= 15 is 0 Å². The zero-order valence-electron chi connectivity index (χ0n) is 22.4. The first-order valence-electron chi connectivity index (χ1n) is 12.2. The molecule has 2 heterocycles. The Hall–Kier alpha value is -4.31. The number of aromatic hydroxyl groups is 1. The van der Waals surface area contributed by atoms with Gasteiger partial charge in [0.2, 0.25) is 0 Å². The number of allylic oxidation sites excluding steroid dienone is 1. The van der Waals surface area contributed by atoms with Gasteiger partial charge >= 0.3 is 5.97 Å². The number of hydrogen-bond acceptors (Lipinski definition) is 9. The number of ether oxygens (including phenoxy) is 4. The van der Waals surface area contributed by atoms with Crippen LogP contribution in [-0.2, 0) is 9.53 Å². The number of carbonyl (C=O) groups excluding carboxylic acids is 1. The highest BCUT2D eigenvalue weighted by Crippen LogP contribution is 2.36. The maximum Gasteiger partial charge on any atom is 0.338 e. The molecule has 0 bridgehead atoms. The molecule has 204 valence electrons. The number of thiazole rings is 1. The Bertz CT molecular complexity index is 1630. The highest BCUT2D eigenvalue weighted by Gasteiger charge is 2.34. The average molecular weight is 551 g/mol. The molecule has 10 heteroatoms. The SMILES string of the molecule is C=CCOc1ccc(C2C(C(=O)OC(C)C)=C(C)N=c3sc(=Cc4ccc(O)c(OC)c4)c(=O)n32)cc1OC. The lowest BCUT2D eigenvalue weighted by Crippen LogP contribution is -2.40. The van der Waals surface area contributed by atoms with Gasteiger partial charge in [0.1, 0.15) is 6.61 Å². The number of esters is 1. The van der Waals surface area contributed by atoms with Gasteiger partial charge in [-0.1, -0.05) is 36.1 Å². The van der Waals surface area contributed by atoms with Crippen LogP contribution >= 0.6 is 11.3 Å². The summed E-state index contributed by atoms with van der Waals surface area (Å²) in [5, 5.41) is 9.94. The van der Waals surface area contributed by atoms with Gasteiger partial charge in [0, 0.05) is 0 Å². The van der Waals surface area contributed by atoms with Crippen molar-refractivity contribution >= 4 is 23.4 Å². The van der Waals surface area contributed by atoms with Gasteiger partial charge in [0.05, 0.1) is 42.2 Å². The van der Waals surface area contributed by atoms with Crippen LogP contribution in [0.15, 0.2) is 70.1 Å². The summed E-state index contributed by atoms with van der Waals surface area (Å²) in [4.78, 5) is 32.2. The molecule has 0 aliphatic carbocycles. The summed E-state index contributed by atoms with van der Waals surface area (Å²) in [6, 6.07) is 9.26. The maximum absolute atomic E-state index is 13.8. The van der Waals surface area contributed by atoms with Crippen molar-refractivity contribution in [3.63, 3.8) is 0 Å². The van der Waals surface area contributed by atoms with Gasteiger partial charge in [-0.2, -0.15) is 0 Å². The molecule has 0 saturated heterocycles. The van der Waals surface area contributed by atoms with Crippen LogP contribution in [0, 0.1) is 0 Å². The summed E-state index contributed by atoms with van der Waals surface area (Å²) >= 11 is 1.20. The van der Waals surface area contributed by atoms with Gasteiger partial charge in [0.25, 0.3) is 5.56 Å². The summed E-state index contributed by atoms with van der Waals surface area (Å²) < 4.78 is 23.9. The van der Waals surface area contributed by atoms with Crippen molar-refractivity contribution in [1.29, 1.82) is 0 Å². The molecular weight excluding hydrogens is 520 g/mol. The molecule has 2 aromatic carbocycles. The number of carbonyl (C=O) groups is 1. The predicted molar refractivity (Wildman–Crippen MR) is 148 cm³/mol. The minimum Gasteiger partial charge on any atom is -0.504 e. The van der Waals surface area contributed by atoms with E-state index in [1.165, 1.54) is 36.2 Å². The van der Waals surface area contributed by atoms with Crippen molar-refractivity contribution in [2.45, 2.75) is 32.9 Å². The molecule has 1 aliphatic heterocycles. The molecule has 1 unspecified atom stereocenters. The summed E-state index contributed by atoms with van der Waals surface area (Å²) in [5.41, 5.74) is 1.67. The number of hydrogen-bond donors (Lipinski definition) is 1. The third-order valence-electron chi connectivity index (χ3n) is 5.95. The van der Waals surface area contributed by atoms with E-state index in [1.54, 1.807) is 63.3 Å². The molecule has 1 N–H and O–H groups in total. The van der Waals surface area contributed by atoms with Crippen molar-refractivity contribution in [1.82, 2.24) is 4.57 Å². The molecule has 0 saturated carbocycles. The number of phenols is 1. The van der Waals surface area contributed by atoms with Crippen LogP contribution in [-0.4, -0.2) is 42.6 Å². The molecule has 4 rings (SSSR count). The van der Waals surface area contributed by atoms with Crippen LogP contribution in [0.5, 0.6) is 23.0 Å². The number of rotatable bonds is 9. The standard InChI is InChI=1S/C29H30N2O7S/c1-7-12-37-21-11-9-19(15-23(21)36-6)26-25(28(34)38-16(2)3)17(4)30-29-31(26)27(33)24(39-29)14-18-8-10-20(32)22(13-18)35-5/h7-11,13-16,26,32H,1,12H2,2-6H3. The number of nitrogens with zero attached hydrogens (tertiary/aromatic N) is 2. The number of fused-ring (bicyclic) bond motifs is 1. The topological polar surface area (TPSA) is 109 Å². The second kappa shape index (κ2) is 11.6. The highest BCUT2D eigenvalue weighted by atomic mass is 32.1. The fraction of sp³-hybridized carbons (Fsp3) is 0.276. The third kappa shape index (κ3) is 5.61. The van der Waals surface area contributed by atoms with Gasteiger partial charge in [-0.3, -0.25) is 9.36 Å². The molecular formula is C29H30N2O7S. The van der Waals surface area contributed by atoms with Crippen molar-refractivity contribution in [3.8, 4) is 23.0 Å². The minimum absolute atomic E-state index is 0.00509. The van der Waals surface area contributed by atoms with Crippen LogP contribution in [0.3, 0.4) is 0 Å². The third-order valence-corrected chi connectivity index (χ3v) is 6.93. The molecule has 3 aromatic rings. The Kier molecular flexibility index (Phi) is 8.25. The van der Waals surface area contributed by atoms with Crippen molar-refractivity contribution < 1.29 is 28.8 Å². The fourth-order valence-electron chi connectivity index (χ4n) is 4.23. The quantitative estimate of drug-likeness (QED) is 0.321. The lowest BCUT2D eigenvalue weighted by Gasteiger charge is -2.26. The molecule has 9 nitrogen and oxygen atoms in total. The van der Waals surface area contributed by atoms with E-state index in [0.717, 1.165) is 0 Å². The summed E-state index contributed by atoms with van der Waals surface area (Å²) in [5.74, 6) is 0.671. The Balaban J connectivity index is 1.93. The second-order valence-electron chi connectivity index (χ2n) is 8.98. The molecule has 1 aliphatic rings. The average Bonchev–Trinajstić information content (AvgIpc) is 3.21. The highest BCUT2D eigenvalue weighted by molar-refractivity contribution is 7.07. The first-order chi connectivity index (χ1) is 18.7. The molecule has 0 amide bonds. The van der Waals surface area contributed by atoms with Crippen molar-refractivity contribution in [3.05, 3.63) is 91.1 Å². The summed E-state index contributed by atoms with van der Waals surface area (Å²) in [6.45, 7) is 9.21. The zero-order valence-corrected chi connectivity index (χ0v) is 23.2. The first kappa shape index (κ1) is 27.7. The maximum atomic E-state index is 13.8. The smallest absolute Gasteiger partial charge is 0.338 e. The first-order valence-corrected chi connectivity index (χ1v) is 13.0. The zero-order chi connectivity index (χ0) is 28.3. The minimum atomic E-state index is -0.814. The molecule has 0 fully saturated rings. The Labute approximate surface area is 229 Å². The largest absolute Gasteiger partial charge is 0.504 e. The Morgan fingerprint density at radius 2 is 1.90 bits per heavy atom. The van der Waals surface area contributed by atoms with Crippen molar-refractivity contribution in [2.24, 2.45) is 4.99 Å². The molecule has 0 spiro atoms. The number of aromatic nitrogens is 1. The normalized spacial score (nSPS) is 15.0. The number of benzene rings is 2. The van der Waals surface area contributed by atoms with Gasteiger partial charge in [-0.05, 0) is 62.2 Å². The monoisotopic (exact) mass is 550 g/mol. The second-order valence-corrected chi connectivity index (χ2v) is 9.99. The molecule has 1 atom stereocenters. The van der Waals surface area contributed by atoms with Gasteiger partial charge < -0.3 is 24.1 Å². The van der Waals surface area contributed by atoms with E-state index in [-0.39, 0.29) is 28.7 Å². The van der Waals surface area contributed by atoms with Crippen LogP contribution in [0.1, 0.15) is 37.9 Å². The molecule has 1 aromatic heterocycles. The lowest BCUT2D eigenvalue weighted by molar-refractivity contribution is -0.143. The van der Waals surface area contributed by atoms with E-state index in [2.05, 4.69) is 11.6 Å². The van der Waals surface area contributed by atoms with Crippen LogP contribution in [0.2, 0.25) is 0 Å². The van der Waals surface area contributed by atoms with E-state index in [1.807, 2.05) is 0 Å². The predicted octanol–water partition coefficient (Wildman–Crippen LogP) is 3.47. The number of phenolic OH excluding ortho intramolecular Hbond substituents is 1. The van der Waals surface area contributed by atoms with Crippen molar-refractivity contribution in [2.75, 3.05) is 20.8 Å². The van der Waals surface area contributed by atoms with E-state index in [4.69, 9.17) is 18.9 Å². The van der Waals surface area contributed by atoms with Gasteiger partial charge in [-0.15, -0.1) is 0 Å². The fourth-order valence-corrected chi connectivity index (χ4v) is 5.28. The van der Waals surface area contributed by atoms with Gasteiger partial charge in [0.15, 0.2) is 27.8 Å². The van der Waals surface area contributed by atoms with E-state index in [0.29, 0.717) is 44.3 Å². The van der Waals surface area contributed by atoms with E-state index in [9.17, 15) is 14.7 Å². The van der Waals surface area contributed by atoms with Crippen LogP contribution in [0.4, 0.5) is 0 Å². The van der Waals surface area contributed by atoms with E-state index < -0.39 is 12.0 Å². The molecule has 0 radical (unpaired) electrons. The lowest BCUT2D eigenvalue weighted by atomic mass is 9.95. The Morgan fingerprint density at radius 1 is 1.15 bits per heavy atom. The van der Waals surface area contributed by atoms with Crippen LogP contribution in [0.25, 0.3) is 6.08 Å². The van der Waals surface area contributed by atoms with Crippen LogP contribution < -0.4 is 29.1 Å². The number of methoxy groups -OCH3 is 2. The van der Waals surface area contributed by atoms with Gasteiger partial charge in [-0.25, -0.2) is 9.79 Å². The Morgan fingerprint density at radius 3 is 2.56 bits per heavy atom. The summed E-state index contributed by atoms with van der Waals surface area (Å²) in [7, 11) is 2.97. The molecule has 39 heavy (non-hydrogen) atoms. The summed E-state index contributed by atoms with van der Waals surface area (Å²) in [6.07, 6.45) is 2.96.